The monoisotopic (exact) mass is 491 g/mol. The third-order valence-electron chi connectivity index (χ3n) is 7.18. The first-order chi connectivity index (χ1) is 15.8. The number of rotatable bonds is 3. The van der Waals surface area contributed by atoms with Crippen molar-refractivity contribution < 1.29 is 19.7 Å². The lowest BCUT2D eigenvalue weighted by Crippen LogP contribution is -2.53. The summed E-state index contributed by atoms with van der Waals surface area (Å²) in [5.74, 6) is 0.544. The van der Waals surface area contributed by atoms with Gasteiger partial charge in [0.15, 0.2) is 0 Å². The van der Waals surface area contributed by atoms with E-state index in [9.17, 15) is 15.0 Å². The number of ether oxygens (including phenoxy) is 1. The lowest BCUT2D eigenvalue weighted by Gasteiger charge is -2.41. The van der Waals surface area contributed by atoms with Crippen molar-refractivity contribution in [2.75, 3.05) is 38.1 Å². The maximum Gasteiger partial charge on any atom is 0.253 e. The lowest BCUT2D eigenvalue weighted by atomic mass is 9.86. The third-order valence-corrected chi connectivity index (χ3v) is 7.71. The number of phenolic OH excluding ortho intramolecular Hbond substituents is 1. The van der Waals surface area contributed by atoms with Gasteiger partial charge in [0.2, 0.25) is 0 Å². The van der Waals surface area contributed by atoms with E-state index >= 15 is 0 Å². The fourth-order valence-electron chi connectivity index (χ4n) is 5.40. The van der Waals surface area contributed by atoms with Gasteiger partial charge in [-0.1, -0.05) is 23.2 Å². The van der Waals surface area contributed by atoms with Crippen molar-refractivity contribution in [2.24, 2.45) is 0 Å². The average Bonchev–Trinajstić information content (AvgIpc) is 3.35. The number of benzene rings is 2. The van der Waals surface area contributed by atoms with Crippen molar-refractivity contribution in [1.82, 2.24) is 10.2 Å². The zero-order valence-corrected chi connectivity index (χ0v) is 19.9. The maximum atomic E-state index is 12.4. The number of phenols is 1. The number of fused-ring (bicyclic) bond motifs is 1. The number of halogens is 2. The maximum absolute atomic E-state index is 12.4. The number of amides is 1. The van der Waals surface area contributed by atoms with Gasteiger partial charge in [-0.15, -0.1) is 0 Å². The number of aliphatic hydroxyl groups excluding tert-OH is 1. The largest absolute Gasteiger partial charge is 0.506 e. The number of nitrogens with zero attached hydrogens (tertiary/aromatic N) is 2. The predicted octanol–water partition coefficient (Wildman–Crippen LogP) is 3.08. The van der Waals surface area contributed by atoms with Crippen molar-refractivity contribution in [3.05, 3.63) is 51.5 Å². The molecule has 2 fully saturated rings. The van der Waals surface area contributed by atoms with E-state index < -0.39 is 6.10 Å². The second-order valence-corrected chi connectivity index (χ2v) is 10.0. The van der Waals surface area contributed by atoms with Crippen molar-refractivity contribution in [3.63, 3.8) is 0 Å². The molecule has 1 amide bonds. The molecule has 3 aliphatic heterocycles. The molecule has 0 radical (unpaired) electrons. The first kappa shape index (κ1) is 22.6. The number of carbonyl (C=O) groups is 1. The minimum atomic E-state index is -0.574. The summed E-state index contributed by atoms with van der Waals surface area (Å²) in [4.78, 5) is 16.7. The standard InChI is InChI=1S/C24H27Cl2N3O4/c1-27-23(32)16-9-17(26)20(30)10-18(16)29-12-19(21(31)13-29)28-6-4-24(5-7-28)11-14-8-15(25)2-3-22(14)33-24/h2-3,8-10,19,21,30-31H,4-7,11-13H2,1H3,(H,27,32). The van der Waals surface area contributed by atoms with E-state index in [0.29, 0.717) is 24.3 Å². The molecule has 3 heterocycles. The van der Waals surface area contributed by atoms with Crippen molar-refractivity contribution in [2.45, 2.75) is 37.0 Å². The van der Waals surface area contributed by atoms with E-state index in [1.54, 1.807) is 7.05 Å². The molecule has 9 heteroatoms. The van der Waals surface area contributed by atoms with Gasteiger partial charge >= 0.3 is 0 Å². The highest BCUT2D eigenvalue weighted by Crippen LogP contribution is 2.43. The number of nitrogens with one attached hydrogen (secondary N) is 1. The quantitative estimate of drug-likeness (QED) is 0.611. The summed E-state index contributed by atoms with van der Waals surface area (Å²) in [5, 5.41) is 24.5. The van der Waals surface area contributed by atoms with Crippen molar-refractivity contribution in [1.29, 1.82) is 0 Å². The van der Waals surface area contributed by atoms with Gasteiger partial charge in [-0.05, 0) is 29.8 Å². The first-order valence-electron chi connectivity index (χ1n) is 11.2. The molecular formula is C24H27Cl2N3O4. The molecule has 0 bridgehead atoms. The van der Waals surface area contributed by atoms with Crippen LogP contribution in [-0.2, 0) is 6.42 Å². The molecule has 176 valence electrons. The van der Waals surface area contributed by atoms with Gasteiger partial charge in [0.25, 0.3) is 5.91 Å². The zero-order valence-electron chi connectivity index (χ0n) is 18.4. The molecule has 2 saturated heterocycles. The molecule has 33 heavy (non-hydrogen) atoms. The van der Waals surface area contributed by atoms with E-state index in [2.05, 4.69) is 10.2 Å². The molecule has 3 N–H and O–H groups in total. The highest BCUT2D eigenvalue weighted by molar-refractivity contribution is 6.32. The van der Waals surface area contributed by atoms with E-state index in [4.69, 9.17) is 27.9 Å². The minimum Gasteiger partial charge on any atom is -0.506 e. The van der Waals surface area contributed by atoms with Gasteiger partial charge in [-0.25, -0.2) is 0 Å². The number of likely N-dealkylation sites (tertiary alicyclic amines) is 1. The molecule has 1 spiro atoms. The fourth-order valence-corrected chi connectivity index (χ4v) is 5.76. The Kier molecular flexibility index (Phi) is 5.85. The van der Waals surface area contributed by atoms with Gasteiger partial charge in [0.05, 0.1) is 28.4 Å². The van der Waals surface area contributed by atoms with E-state index in [1.165, 1.54) is 12.1 Å². The normalized spacial score (nSPS) is 24.1. The van der Waals surface area contributed by atoms with Gasteiger partial charge in [-0.2, -0.15) is 0 Å². The topological polar surface area (TPSA) is 85.3 Å². The highest BCUT2D eigenvalue weighted by atomic mass is 35.5. The van der Waals surface area contributed by atoms with Crippen molar-refractivity contribution in [3.8, 4) is 11.5 Å². The first-order valence-corrected chi connectivity index (χ1v) is 11.9. The summed E-state index contributed by atoms with van der Waals surface area (Å²) < 4.78 is 6.35. The number of aliphatic hydroxyl groups is 1. The molecule has 3 aliphatic rings. The van der Waals surface area contributed by atoms with E-state index in [1.807, 2.05) is 23.1 Å². The van der Waals surface area contributed by atoms with Crippen LogP contribution in [0, 0.1) is 0 Å². The molecule has 2 atom stereocenters. The van der Waals surface area contributed by atoms with Gasteiger partial charge in [0, 0.05) is 63.6 Å². The van der Waals surface area contributed by atoms with Crippen LogP contribution >= 0.6 is 23.2 Å². The summed E-state index contributed by atoms with van der Waals surface area (Å²) in [6, 6.07) is 8.69. The molecule has 2 unspecified atom stereocenters. The minimum absolute atomic E-state index is 0.0732. The van der Waals surface area contributed by atoms with Crippen LogP contribution < -0.4 is 15.0 Å². The van der Waals surface area contributed by atoms with Gasteiger partial charge in [-0.3, -0.25) is 9.69 Å². The Bertz CT molecular complexity index is 1090. The molecule has 7 nitrogen and oxygen atoms in total. The van der Waals surface area contributed by atoms with Gasteiger partial charge < -0.3 is 25.2 Å². The Morgan fingerprint density at radius 3 is 2.67 bits per heavy atom. The summed E-state index contributed by atoms with van der Waals surface area (Å²) in [6.07, 6.45) is 2.02. The number of carbonyl (C=O) groups excluding carboxylic acids is 1. The van der Waals surface area contributed by atoms with Gasteiger partial charge in [0.1, 0.15) is 17.1 Å². The summed E-state index contributed by atoms with van der Waals surface area (Å²) in [6.45, 7) is 2.55. The number of hydrogen-bond acceptors (Lipinski definition) is 6. The molecular weight excluding hydrogens is 465 g/mol. The number of piperidine rings is 1. The Balaban J connectivity index is 1.29. The van der Waals surface area contributed by atoms with Crippen molar-refractivity contribution >= 4 is 34.8 Å². The number of β-amino-alcohol motifs (C(OH)–C–C–N with tert-alkyl or cyclic N) is 1. The molecule has 2 aromatic carbocycles. The zero-order chi connectivity index (χ0) is 23.3. The van der Waals surface area contributed by atoms with Crippen LogP contribution in [0.5, 0.6) is 11.5 Å². The Morgan fingerprint density at radius 2 is 1.94 bits per heavy atom. The van der Waals surface area contributed by atoms with Crippen LogP contribution in [0.1, 0.15) is 28.8 Å². The van der Waals surface area contributed by atoms with Crippen LogP contribution in [0.15, 0.2) is 30.3 Å². The van der Waals surface area contributed by atoms with E-state index in [0.717, 1.165) is 48.7 Å². The molecule has 0 aromatic heterocycles. The number of anilines is 1. The smallest absolute Gasteiger partial charge is 0.253 e. The average molecular weight is 492 g/mol. The molecule has 2 aromatic rings. The fraction of sp³-hybridized carbons (Fsp3) is 0.458. The second-order valence-electron chi connectivity index (χ2n) is 9.19. The second kappa shape index (κ2) is 8.55. The number of aromatic hydroxyl groups is 1. The SMILES string of the molecule is CNC(=O)c1cc(Cl)c(O)cc1N1CC(O)C(N2CCC3(CC2)Cc2cc(Cl)ccc2O3)C1. The van der Waals surface area contributed by atoms with E-state index in [-0.39, 0.29) is 28.3 Å². The Labute approximate surface area is 202 Å². The molecule has 0 saturated carbocycles. The third kappa shape index (κ3) is 4.12. The number of hydrogen-bond donors (Lipinski definition) is 3. The Hall–Kier alpha value is -2.19. The highest BCUT2D eigenvalue weighted by Gasteiger charge is 2.45. The van der Waals surface area contributed by atoms with Crippen LogP contribution in [-0.4, -0.2) is 72.0 Å². The van der Waals surface area contributed by atoms with Crippen LogP contribution in [0.4, 0.5) is 5.69 Å². The van der Waals surface area contributed by atoms with Crippen LogP contribution in [0.2, 0.25) is 10.0 Å². The Morgan fingerprint density at radius 1 is 1.18 bits per heavy atom. The predicted molar refractivity (Wildman–Crippen MR) is 128 cm³/mol. The summed E-state index contributed by atoms with van der Waals surface area (Å²) in [7, 11) is 1.55. The summed E-state index contributed by atoms with van der Waals surface area (Å²) >= 11 is 12.2. The molecule has 5 rings (SSSR count). The summed E-state index contributed by atoms with van der Waals surface area (Å²) in [5.41, 5.74) is 1.90. The van der Waals surface area contributed by atoms with Crippen LogP contribution in [0.25, 0.3) is 0 Å². The molecule has 0 aliphatic carbocycles. The van der Waals surface area contributed by atoms with Crippen LogP contribution in [0.3, 0.4) is 0 Å². The lowest BCUT2D eigenvalue weighted by molar-refractivity contribution is -0.0107.